The maximum atomic E-state index is 13.4. The van der Waals surface area contributed by atoms with E-state index in [1.54, 1.807) is 0 Å². The highest BCUT2D eigenvalue weighted by atomic mass is 16.5. The van der Waals surface area contributed by atoms with Crippen LogP contribution in [0.15, 0.2) is 36.4 Å². The predicted molar refractivity (Wildman–Crippen MR) is 112 cm³/mol. The molecular formula is C24H31NO2. The number of carbonyl (C=O) groups is 1. The maximum absolute atomic E-state index is 13.4. The number of hydrogen-bond donors (Lipinski definition) is 1. The molecule has 0 spiro atoms. The summed E-state index contributed by atoms with van der Waals surface area (Å²) in [7, 11) is 0. The molecule has 1 N–H and O–H groups in total. The van der Waals surface area contributed by atoms with Gasteiger partial charge in [0.05, 0.1) is 12.0 Å². The molecule has 3 rings (SSSR count). The summed E-state index contributed by atoms with van der Waals surface area (Å²) >= 11 is 0. The number of amides is 1. The van der Waals surface area contributed by atoms with E-state index in [9.17, 15) is 4.79 Å². The predicted octanol–water partition coefficient (Wildman–Crippen LogP) is 5.85. The van der Waals surface area contributed by atoms with Crippen LogP contribution in [-0.2, 0) is 10.2 Å². The molecule has 1 aliphatic rings. The summed E-state index contributed by atoms with van der Waals surface area (Å²) in [6, 6.07) is 12.5. The first-order valence-electron chi connectivity index (χ1n) is 10.1. The Kier molecular flexibility index (Phi) is 5.88. The molecule has 1 aliphatic carbocycles. The lowest BCUT2D eigenvalue weighted by Crippen LogP contribution is -2.38. The van der Waals surface area contributed by atoms with Crippen LogP contribution in [0.25, 0.3) is 0 Å². The zero-order chi connectivity index (χ0) is 19.4. The van der Waals surface area contributed by atoms with Crippen molar-refractivity contribution < 1.29 is 9.53 Å². The molecule has 0 aromatic heterocycles. The molecule has 0 heterocycles. The third-order valence-corrected chi connectivity index (χ3v) is 5.66. The fraction of sp³-hybridized carbons (Fsp3) is 0.458. The van der Waals surface area contributed by atoms with Gasteiger partial charge in [0.2, 0.25) is 5.91 Å². The molecule has 2 aromatic rings. The van der Waals surface area contributed by atoms with Crippen molar-refractivity contribution in [2.75, 3.05) is 11.9 Å². The highest BCUT2D eigenvalue weighted by Gasteiger charge is 2.42. The fourth-order valence-corrected chi connectivity index (χ4v) is 4.20. The summed E-state index contributed by atoms with van der Waals surface area (Å²) in [6.45, 7) is 8.98. The van der Waals surface area contributed by atoms with Crippen LogP contribution in [0.1, 0.15) is 61.3 Å². The van der Waals surface area contributed by atoms with E-state index in [2.05, 4.69) is 43.4 Å². The molecular weight excluding hydrogens is 334 g/mol. The van der Waals surface area contributed by atoms with Crippen LogP contribution in [-0.4, -0.2) is 12.5 Å². The number of aryl methyl sites for hydroxylation is 3. The zero-order valence-corrected chi connectivity index (χ0v) is 17.0. The molecule has 1 fully saturated rings. The number of rotatable bonds is 6. The molecule has 1 saturated carbocycles. The Labute approximate surface area is 163 Å². The largest absolute Gasteiger partial charge is 0.493 e. The number of carbonyl (C=O) groups excluding carboxylic acids is 1. The molecule has 0 atom stereocenters. The quantitative estimate of drug-likeness (QED) is 0.697. The molecule has 0 aliphatic heterocycles. The molecule has 2 aromatic carbocycles. The Hall–Kier alpha value is -2.29. The zero-order valence-electron chi connectivity index (χ0n) is 17.0. The van der Waals surface area contributed by atoms with Gasteiger partial charge in [0.15, 0.2) is 0 Å². The van der Waals surface area contributed by atoms with E-state index in [4.69, 9.17) is 4.74 Å². The second-order valence-corrected chi connectivity index (χ2v) is 7.90. The first kappa shape index (κ1) is 19.5. The SMILES string of the molecule is CCCOc1c(C)cc(NC(=O)C2(c3ccc(C)cc3)CCCC2)cc1C. The van der Waals surface area contributed by atoms with Crippen LogP contribution in [0.3, 0.4) is 0 Å². The van der Waals surface area contributed by atoms with Gasteiger partial charge in [-0.15, -0.1) is 0 Å². The molecule has 0 saturated heterocycles. The molecule has 0 radical (unpaired) electrons. The maximum Gasteiger partial charge on any atom is 0.235 e. The minimum Gasteiger partial charge on any atom is -0.493 e. The van der Waals surface area contributed by atoms with Gasteiger partial charge in [-0.05, 0) is 68.9 Å². The molecule has 1 amide bonds. The summed E-state index contributed by atoms with van der Waals surface area (Å²) in [5.41, 5.74) is 4.94. The summed E-state index contributed by atoms with van der Waals surface area (Å²) in [5, 5.41) is 3.21. The monoisotopic (exact) mass is 365 g/mol. The van der Waals surface area contributed by atoms with Gasteiger partial charge in [-0.3, -0.25) is 4.79 Å². The molecule has 144 valence electrons. The van der Waals surface area contributed by atoms with E-state index in [0.717, 1.165) is 60.2 Å². The Morgan fingerprint density at radius 3 is 2.19 bits per heavy atom. The van der Waals surface area contributed by atoms with Gasteiger partial charge in [-0.1, -0.05) is 49.6 Å². The lowest BCUT2D eigenvalue weighted by atomic mass is 9.77. The van der Waals surface area contributed by atoms with Crippen molar-refractivity contribution in [3.63, 3.8) is 0 Å². The summed E-state index contributed by atoms with van der Waals surface area (Å²) < 4.78 is 5.86. The summed E-state index contributed by atoms with van der Waals surface area (Å²) in [4.78, 5) is 13.4. The lowest BCUT2D eigenvalue weighted by Gasteiger charge is -2.29. The third kappa shape index (κ3) is 4.02. The van der Waals surface area contributed by atoms with Crippen molar-refractivity contribution in [1.29, 1.82) is 0 Å². The number of ether oxygens (including phenoxy) is 1. The highest BCUT2D eigenvalue weighted by molar-refractivity contribution is 5.99. The van der Waals surface area contributed by atoms with Crippen molar-refractivity contribution in [1.82, 2.24) is 0 Å². The Morgan fingerprint density at radius 1 is 1.04 bits per heavy atom. The summed E-state index contributed by atoms with van der Waals surface area (Å²) in [6.07, 6.45) is 5.01. The minimum atomic E-state index is -0.410. The van der Waals surface area contributed by atoms with Crippen molar-refractivity contribution in [2.24, 2.45) is 0 Å². The van der Waals surface area contributed by atoms with Crippen LogP contribution in [0.5, 0.6) is 5.75 Å². The Balaban J connectivity index is 1.85. The molecule has 27 heavy (non-hydrogen) atoms. The van der Waals surface area contributed by atoms with Crippen LogP contribution in [0.2, 0.25) is 0 Å². The van der Waals surface area contributed by atoms with Gasteiger partial charge < -0.3 is 10.1 Å². The summed E-state index contributed by atoms with van der Waals surface area (Å²) in [5.74, 6) is 1.05. The standard InChI is InChI=1S/C24H31NO2/c1-5-14-27-22-18(3)15-21(16-19(22)4)25-23(26)24(12-6-7-13-24)20-10-8-17(2)9-11-20/h8-11,15-16H,5-7,12-14H2,1-4H3,(H,25,26). The van der Waals surface area contributed by atoms with Crippen molar-refractivity contribution in [3.05, 3.63) is 58.7 Å². The fourth-order valence-electron chi connectivity index (χ4n) is 4.20. The van der Waals surface area contributed by atoms with E-state index < -0.39 is 5.41 Å². The lowest BCUT2D eigenvalue weighted by molar-refractivity contribution is -0.121. The second-order valence-electron chi connectivity index (χ2n) is 7.90. The normalized spacial score (nSPS) is 15.6. The van der Waals surface area contributed by atoms with Gasteiger partial charge in [-0.25, -0.2) is 0 Å². The molecule has 0 unspecified atom stereocenters. The molecule has 3 heteroatoms. The molecule has 0 bridgehead atoms. The van der Waals surface area contributed by atoms with Crippen molar-refractivity contribution in [2.45, 2.75) is 65.2 Å². The van der Waals surface area contributed by atoms with Crippen LogP contribution >= 0.6 is 0 Å². The van der Waals surface area contributed by atoms with E-state index in [1.165, 1.54) is 5.56 Å². The van der Waals surface area contributed by atoms with Gasteiger partial charge in [0, 0.05) is 5.69 Å². The van der Waals surface area contributed by atoms with E-state index in [0.29, 0.717) is 6.61 Å². The van der Waals surface area contributed by atoms with Gasteiger partial charge in [0.25, 0.3) is 0 Å². The second kappa shape index (κ2) is 8.16. The van der Waals surface area contributed by atoms with E-state index >= 15 is 0 Å². The topological polar surface area (TPSA) is 38.3 Å². The van der Waals surface area contributed by atoms with Gasteiger partial charge in [0.1, 0.15) is 5.75 Å². The smallest absolute Gasteiger partial charge is 0.235 e. The van der Waals surface area contributed by atoms with Gasteiger partial charge >= 0.3 is 0 Å². The first-order valence-corrected chi connectivity index (χ1v) is 10.1. The highest BCUT2D eigenvalue weighted by Crippen LogP contribution is 2.42. The number of anilines is 1. The van der Waals surface area contributed by atoms with Crippen LogP contribution < -0.4 is 10.1 Å². The molecule has 3 nitrogen and oxygen atoms in total. The first-order chi connectivity index (χ1) is 13.0. The van der Waals surface area contributed by atoms with E-state index in [1.807, 2.05) is 26.0 Å². The van der Waals surface area contributed by atoms with Gasteiger partial charge in [-0.2, -0.15) is 0 Å². The number of hydrogen-bond acceptors (Lipinski definition) is 2. The average Bonchev–Trinajstić information content (AvgIpc) is 3.13. The van der Waals surface area contributed by atoms with E-state index in [-0.39, 0.29) is 5.91 Å². The Morgan fingerprint density at radius 2 is 1.63 bits per heavy atom. The average molecular weight is 366 g/mol. The van der Waals surface area contributed by atoms with Crippen LogP contribution in [0, 0.1) is 20.8 Å². The third-order valence-electron chi connectivity index (χ3n) is 5.66. The number of nitrogens with one attached hydrogen (secondary N) is 1. The van der Waals surface area contributed by atoms with Crippen molar-refractivity contribution >= 4 is 11.6 Å². The number of benzene rings is 2. The van der Waals surface area contributed by atoms with Crippen LogP contribution in [0.4, 0.5) is 5.69 Å². The Bertz CT molecular complexity index is 779. The minimum absolute atomic E-state index is 0.116. The van der Waals surface area contributed by atoms with Crippen molar-refractivity contribution in [3.8, 4) is 5.75 Å².